The summed E-state index contributed by atoms with van der Waals surface area (Å²) in [7, 11) is -2.03. The van der Waals surface area contributed by atoms with Crippen molar-refractivity contribution < 1.29 is 22.1 Å². The molecule has 160 valence electrons. The molecule has 1 fully saturated rings. The van der Waals surface area contributed by atoms with Crippen LogP contribution in [0.2, 0.25) is 0 Å². The SMILES string of the molecule is COc1ccc(S(=O)(=O)N2CCCCCC2)cc1NCc1nc(-c2ccco2)no1. The number of nitrogens with zero attached hydrogens (tertiary/aromatic N) is 3. The molecule has 30 heavy (non-hydrogen) atoms. The molecule has 0 spiro atoms. The van der Waals surface area contributed by atoms with Gasteiger partial charge in [0, 0.05) is 13.1 Å². The Morgan fingerprint density at radius 1 is 1.17 bits per heavy atom. The van der Waals surface area contributed by atoms with Crippen molar-refractivity contribution in [1.82, 2.24) is 14.4 Å². The molecule has 9 nitrogen and oxygen atoms in total. The maximum atomic E-state index is 13.1. The van der Waals surface area contributed by atoms with E-state index in [1.807, 2.05) is 0 Å². The molecule has 1 aliphatic rings. The second-order valence-corrected chi connectivity index (χ2v) is 8.96. The first-order chi connectivity index (χ1) is 14.6. The Kier molecular flexibility index (Phi) is 6.05. The molecular formula is C20H24N4O5S. The third-order valence-electron chi connectivity index (χ3n) is 5.01. The summed E-state index contributed by atoms with van der Waals surface area (Å²) in [5.41, 5.74) is 0.533. The second kappa shape index (κ2) is 8.88. The molecule has 1 aromatic carbocycles. The molecule has 0 unspecified atom stereocenters. The largest absolute Gasteiger partial charge is 0.495 e. The van der Waals surface area contributed by atoms with E-state index in [0.717, 1.165) is 25.7 Å². The molecule has 0 atom stereocenters. The van der Waals surface area contributed by atoms with Crippen molar-refractivity contribution in [1.29, 1.82) is 0 Å². The zero-order valence-corrected chi connectivity index (χ0v) is 17.5. The number of anilines is 1. The average molecular weight is 433 g/mol. The Bertz CT molecular complexity index is 1070. The number of furan rings is 1. The van der Waals surface area contributed by atoms with Crippen molar-refractivity contribution in [3.05, 3.63) is 42.5 Å². The van der Waals surface area contributed by atoms with Gasteiger partial charge in [0.25, 0.3) is 0 Å². The number of benzene rings is 1. The van der Waals surface area contributed by atoms with Crippen molar-refractivity contribution in [3.63, 3.8) is 0 Å². The van der Waals surface area contributed by atoms with Crippen LogP contribution >= 0.6 is 0 Å². The molecule has 10 heteroatoms. The smallest absolute Gasteiger partial charge is 0.246 e. The minimum absolute atomic E-state index is 0.206. The third-order valence-corrected chi connectivity index (χ3v) is 6.91. The van der Waals surface area contributed by atoms with E-state index < -0.39 is 10.0 Å². The lowest BCUT2D eigenvalue weighted by Crippen LogP contribution is -2.32. The van der Waals surface area contributed by atoms with E-state index in [9.17, 15) is 8.42 Å². The van der Waals surface area contributed by atoms with Crippen LogP contribution in [0, 0.1) is 0 Å². The molecule has 3 aromatic rings. The molecule has 0 saturated carbocycles. The number of nitrogens with one attached hydrogen (secondary N) is 1. The van der Waals surface area contributed by atoms with Crippen LogP contribution in [0.1, 0.15) is 31.6 Å². The molecule has 0 radical (unpaired) electrons. The lowest BCUT2D eigenvalue weighted by atomic mass is 10.2. The number of hydrogen-bond donors (Lipinski definition) is 1. The quantitative estimate of drug-likeness (QED) is 0.604. The molecule has 0 amide bonds. The highest BCUT2D eigenvalue weighted by atomic mass is 32.2. The van der Waals surface area contributed by atoms with E-state index >= 15 is 0 Å². The van der Waals surface area contributed by atoms with Crippen molar-refractivity contribution in [2.24, 2.45) is 0 Å². The summed E-state index contributed by atoms with van der Waals surface area (Å²) in [6.07, 6.45) is 5.42. The van der Waals surface area contributed by atoms with Gasteiger partial charge in [0.2, 0.25) is 21.7 Å². The molecule has 0 aliphatic carbocycles. The standard InChI is InChI=1S/C20H24N4O5S/c1-27-17-9-8-15(30(25,26)24-10-4-2-3-5-11-24)13-16(17)21-14-19-22-20(23-29-19)18-7-6-12-28-18/h6-9,12-13,21H,2-5,10-11,14H2,1H3. The first-order valence-electron chi connectivity index (χ1n) is 9.86. The van der Waals surface area contributed by atoms with Crippen molar-refractivity contribution >= 4 is 15.7 Å². The van der Waals surface area contributed by atoms with Gasteiger partial charge in [-0.15, -0.1) is 0 Å². The highest BCUT2D eigenvalue weighted by Crippen LogP contribution is 2.30. The van der Waals surface area contributed by atoms with E-state index in [1.165, 1.54) is 13.4 Å². The monoisotopic (exact) mass is 432 g/mol. The minimum Gasteiger partial charge on any atom is -0.495 e. The fourth-order valence-electron chi connectivity index (χ4n) is 3.42. The van der Waals surface area contributed by atoms with Crippen LogP contribution in [0.25, 0.3) is 11.6 Å². The summed E-state index contributed by atoms with van der Waals surface area (Å²) in [5.74, 6) is 1.72. The van der Waals surface area contributed by atoms with Crippen LogP contribution in [0.15, 0.2) is 50.4 Å². The van der Waals surface area contributed by atoms with Gasteiger partial charge in [-0.05, 0) is 43.2 Å². The number of aromatic nitrogens is 2. The van der Waals surface area contributed by atoms with E-state index in [4.69, 9.17) is 13.7 Å². The Morgan fingerprint density at radius 2 is 1.97 bits per heavy atom. The van der Waals surface area contributed by atoms with Gasteiger partial charge in [0.1, 0.15) is 5.75 Å². The summed E-state index contributed by atoms with van der Waals surface area (Å²) in [4.78, 5) is 4.51. The van der Waals surface area contributed by atoms with Gasteiger partial charge in [-0.2, -0.15) is 9.29 Å². The van der Waals surface area contributed by atoms with E-state index in [-0.39, 0.29) is 11.4 Å². The molecule has 2 aromatic heterocycles. The average Bonchev–Trinajstić information content (AvgIpc) is 3.38. The first kappa shape index (κ1) is 20.4. The highest BCUT2D eigenvalue weighted by molar-refractivity contribution is 7.89. The lowest BCUT2D eigenvalue weighted by molar-refractivity contribution is 0.382. The predicted octanol–water partition coefficient (Wildman–Crippen LogP) is 3.52. The Balaban J connectivity index is 1.53. The molecule has 1 N–H and O–H groups in total. The van der Waals surface area contributed by atoms with Gasteiger partial charge in [0.15, 0.2) is 5.76 Å². The van der Waals surface area contributed by atoms with Crippen molar-refractivity contribution in [2.75, 3.05) is 25.5 Å². The Morgan fingerprint density at radius 3 is 2.67 bits per heavy atom. The third kappa shape index (κ3) is 4.34. The fourth-order valence-corrected chi connectivity index (χ4v) is 4.96. The normalized spacial score (nSPS) is 15.6. The predicted molar refractivity (Wildman–Crippen MR) is 110 cm³/mol. The van der Waals surface area contributed by atoms with E-state index in [0.29, 0.717) is 42.0 Å². The van der Waals surface area contributed by atoms with Crippen LogP contribution in [0.5, 0.6) is 5.75 Å². The van der Waals surface area contributed by atoms with Crippen molar-refractivity contribution in [2.45, 2.75) is 37.1 Å². The van der Waals surface area contributed by atoms with E-state index in [2.05, 4.69) is 15.5 Å². The molecule has 1 saturated heterocycles. The van der Waals surface area contributed by atoms with Crippen molar-refractivity contribution in [3.8, 4) is 17.3 Å². The summed E-state index contributed by atoms with van der Waals surface area (Å²) in [6.45, 7) is 1.31. The summed E-state index contributed by atoms with van der Waals surface area (Å²) < 4.78 is 43.7. The Labute approximate surface area is 175 Å². The lowest BCUT2D eigenvalue weighted by Gasteiger charge is -2.21. The van der Waals surface area contributed by atoms with E-state index in [1.54, 1.807) is 34.6 Å². The van der Waals surface area contributed by atoms with Gasteiger partial charge in [-0.3, -0.25) is 0 Å². The van der Waals surface area contributed by atoms with Gasteiger partial charge in [-0.1, -0.05) is 18.0 Å². The number of sulfonamides is 1. The Hall–Kier alpha value is -2.85. The van der Waals surface area contributed by atoms with Crippen LogP contribution in [0.3, 0.4) is 0 Å². The van der Waals surface area contributed by atoms with Gasteiger partial charge in [-0.25, -0.2) is 8.42 Å². The molecule has 3 heterocycles. The molecule has 4 rings (SSSR count). The van der Waals surface area contributed by atoms with Crippen LogP contribution in [-0.4, -0.2) is 43.1 Å². The maximum absolute atomic E-state index is 13.1. The van der Waals surface area contributed by atoms with Crippen LogP contribution in [0.4, 0.5) is 5.69 Å². The summed E-state index contributed by atoms with van der Waals surface area (Å²) in [6, 6.07) is 8.29. The number of methoxy groups -OCH3 is 1. The summed E-state index contributed by atoms with van der Waals surface area (Å²) >= 11 is 0. The molecule has 0 bridgehead atoms. The molecular weight excluding hydrogens is 408 g/mol. The zero-order valence-electron chi connectivity index (χ0n) is 16.7. The van der Waals surface area contributed by atoms with Gasteiger partial charge in [0.05, 0.1) is 30.5 Å². The number of hydrogen-bond acceptors (Lipinski definition) is 8. The topological polar surface area (TPSA) is 111 Å². The minimum atomic E-state index is -3.57. The number of rotatable bonds is 7. The van der Waals surface area contributed by atoms with Gasteiger partial charge >= 0.3 is 0 Å². The number of ether oxygens (including phenoxy) is 1. The maximum Gasteiger partial charge on any atom is 0.246 e. The van der Waals surface area contributed by atoms with Crippen LogP contribution in [-0.2, 0) is 16.6 Å². The fraction of sp³-hybridized carbons (Fsp3) is 0.400. The first-order valence-corrected chi connectivity index (χ1v) is 11.3. The molecule has 1 aliphatic heterocycles. The van der Waals surface area contributed by atoms with Gasteiger partial charge < -0.3 is 19.0 Å². The summed E-state index contributed by atoms with van der Waals surface area (Å²) in [5, 5.41) is 7.02. The highest BCUT2D eigenvalue weighted by Gasteiger charge is 2.26. The zero-order chi connectivity index (χ0) is 21.0. The second-order valence-electron chi connectivity index (χ2n) is 7.02. The van der Waals surface area contributed by atoms with Crippen LogP contribution < -0.4 is 10.1 Å².